The molecule has 4 heteroatoms. The van der Waals surface area contributed by atoms with Crippen molar-refractivity contribution in [3.05, 3.63) is 22.2 Å². The van der Waals surface area contributed by atoms with Crippen LogP contribution in [0.5, 0.6) is 11.5 Å². The average molecular weight is 340 g/mol. The van der Waals surface area contributed by atoms with Crippen LogP contribution in [0.25, 0.3) is 0 Å². The summed E-state index contributed by atoms with van der Waals surface area (Å²) in [7, 11) is 1.65. The first kappa shape index (κ1) is 15.4. The lowest BCUT2D eigenvalue weighted by atomic mass is 9.96. The minimum atomic E-state index is 0.486. The van der Waals surface area contributed by atoms with Gasteiger partial charge in [0.1, 0.15) is 0 Å². The molecule has 0 radical (unpaired) electrons. The van der Waals surface area contributed by atoms with Crippen molar-refractivity contribution in [2.45, 2.75) is 45.1 Å². The number of halogens is 1. The average Bonchev–Trinajstić information content (AvgIpc) is 2.46. The topological polar surface area (TPSA) is 30.8 Å². The van der Waals surface area contributed by atoms with Gasteiger partial charge in [0.25, 0.3) is 0 Å². The second-order valence-electron chi connectivity index (χ2n) is 5.04. The van der Waals surface area contributed by atoms with Crippen LogP contribution in [-0.2, 0) is 0 Å². The molecule has 3 nitrogen and oxygen atoms in total. The predicted octanol–water partition coefficient (Wildman–Crippen LogP) is 4.61. The highest BCUT2D eigenvalue weighted by Crippen LogP contribution is 2.36. The number of hydrogen-bond donors (Lipinski definition) is 0. The van der Waals surface area contributed by atoms with Gasteiger partial charge in [-0.15, -0.1) is 0 Å². The van der Waals surface area contributed by atoms with Crippen molar-refractivity contribution in [3.63, 3.8) is 0 Å². The zero-order valence-electron chi connectivity index (χ0n) is 12.2. The Balaban J connectivity index is 2.16. The van der Waals surface area contributed by atoms with Gasteiger partial charge in [0.05, 0.1) is 18.2 Å². The maximum absolute atomic E-state index is 5.62. The first-order valence-corrected chi connectivity index (χ1v) is 8.07. The van der Waals surface area contributed by atoms with Crippen molar-refractivity contribution in [2.24, 2.45) is 4.99 Å². The van der Waals surface area contributed by atoms with Crippen LogP contribution in [0, 0.1) is 0 Å². The van der Waals surface area contributed by atoms with Crippen molar-refractivity contribution < 1.29 is 9.47 Å². The standard InChI is InChI=1S/C16H22BrNO2/c1-3-20-15-10-12(9-14(17)16(15)19-2)11-18-13-7-5-4-6-8-13/h9-11,13H,3-8H2,1-2H3. The summed E-state index contributed by atoms with van der Waals surface area (Å²) in [6, 6.07) is 4.49. The van der Waals surface area contributed by atoms with E-state index in [1.807, 2.05) is 25.3 Å². The minimum Gasteiger partial charge on any atom is -0.492 e. The second kappa shape index (κ2) is 7.67. The molecule has 1 aliphatic rings. The highest BCUT2D eigenvalue weighted by atomic mass is 79.9. The molecule has 1 aromatic rings. The highest BCUT2D eigenvalue weighted by molar-refractivity contribution is 9.10. The van der Waals surface area contributed by atoms with Crippen LogP contribution in [-0.4, -0.2) is 26.0 Å². The Morgan fingerprint density at radius 1 is 1.30 bits per heavy atom. The van der Waals surface area contributed by atoms with E-state index in [-0.39, 0.29) is 0 Å². The fourth-order valence-corrected chi connectivity index (χ4v) is 3.17. The molecule has 0 atom stereocenters. The van der Waals surface area contributed by atoms with E-state index >= 15 is 0 Å². The Bertz CT molecular complexity index is 468. The quantitative estimate of drug-likeness (QED) is 0.733. The first-order chi connectivity index (χ1) is 9.74. The molecule has 1 saturated carbocycles. The van der Waals surface area contributed by atoms with Crippen LogP contribution in [0.3, 0.4) is 0 Å². The summed E-state index contributed by atoms with van der Waals surface area (Å²) < 4.78 is 11.9. The summed E-state index contributed by atoms with van der Waals surface area (Å²) in [6.45, 7) is 2.59. The van der Waals surface area contributed by atoms with E-state index in [2.05, 4.69) is 15.9 Å². The number of ether oxygens (including phenoxy) is 2. The Kier molecular flexibility index (Phi) is 5.89. The van der Waals surface area contributed by atoms with Crippen LogP contribution >= 0.6 is 15.9 Å². The molecule has 0 N–H and O–H groups in total. The van der Waals surface area contributed by atoms with E-state index in [0.29, 0.717) is 12.6 Å². The summed E-state index contributed by atoms with van der Waals surface area (Å²) in [6.07, 6.45) is 8.35. The zero-order chi connectivity index (χ0) is 14.4. The molecule has 0 aromatic heterocycles. The molecular weight excluding hydrogens is 318 g/mol. The number of benzene rings is 1. The summed E-state index contributed by atoms with van der Waals surface area (Å²) in [5.74, 6) is 1.50. The SMILES string of the molecule is CCOc1cc(C=NC2CCCCC2)cc(Br)c1OC. The first-order valence-electron chi connectivity index (χ1n) is 7.28. The van der Waals surface area contributed by atoms with E-state index in [4.69, 9.17) is 14.5 Å². The molecule has 0 saturated heterocycles. The van der Waals surface area contributed by atoms with Crippen LogP contribution in [0.4, 0.5) is 0 Å². The molecule has 0 aliphatic heterocycles. The Hall–Kier alpha value is -1.03. The van der Waals surface area contributed by atoms with Gasteiger partial charge in [-0.25, -0.2) is 0 Å². The smallest absolute Gasteiger partial charge is 0.174 e. The lowest BCUT2D eigenvalue weighted by molar-refractivity contribution is 0.310. The third-order valence-corrected chi connectivity index (χ3v) is 4.13. The monoisotopic (exact) mass is 339 g/mol. The van der Waals surface area contributed by atoms with Crippen molar-refractivity contribution in [1.29, 1.82) is 0 Å². The van der Waals surface area contributed by atoms with Gasteiger partial charge >= 0.3 is 0 Å². The lowest BCUT2D eigenvalue weighted by Gasteiger charge is -2.17. The van der Waals surface area contributed by atoms with Crippen LogP contribution in [0.15, 0.2) is 21.6 Å². The third-order valence-electron chi connectivity index (χ3n) is 3.54. The Labute approximate surface area is 129 Å². The number of hydrogen-bond acceptors (Lipinski definition) is 3. The maximum Gasteiger partial charge on any atom is 0.174 e. The molecule has 20 heavy (non-hydrogen) atoms. The zero-order valence-corrected chi connectivity index (χ0v) is 13.8. The van der Waals surface area contributed by atoms with Gasteiger partial charge < -0.3 is 9.47 Å². The molecule has 0 spiro atoms. The summed E-state index contributed by atoms with van der Waals surface area (Å²) in [4.78, 5) is 4.71. The molecule has 0 bridgehead atoms. The van der Waals surface area contributed by atoms with Crippen molar-refractivity contribution >= 4 is 22.1 Å². The number of aliphatic imine (C=N–C) groups is 1. The second-order valence-corrected chi connectivity index (χ2v) is 5.89. The molecule has 0 heterocycles. The fourth-order valence-electron chi connectivity index (χ4n) is 2.55. The van der Waals surface area contributed by atoms with E-state index in [1.165, 1.54) is 32.1 Å². The van der Waals surface area contributed by atoms with Crippen molar-refractivity contribution in [3.8, 4) is 11.5 Å². The van der Waals surface area contributed by atoms with Crippen LogP contribution in [0.1, 0.15) is 44.6 Å². The largest absolute Gasteiger partial charge is 0.492 e. The van der Waals surface area contributed by atoms with E-state index in [0.717, 1.165) is 21.5 Å². The molecule has 110 valence electrons. The predicted molar refractivity (Wildman–Crippen MR) is 86.3 cm³/mol. The number of nitrogens with zero attached hydrogens (tertiary/aromatic N) is 1. The van der Waals surface area contributed by atoms with E-state index in [9.17, 15) is 0 Å². The number of rotatable bonds is 5. The summed E-state index contributed by atoms with van der Waals surface area (Å²) in [5, 5.41) is 0. The molecule has 1 aliphatic carbocycles. The summed E-state index contributed by atoms with van der Waals surface area (Å²) >= 11 is 3.53. The Morgan fingerprint density at radius 2 is 2.05 bits per heavy atom. The molecule has 1 aromatic carbocycles. The summed E-state index contributed by atoms with van der Waals surface area (Å²) in [5.41, 5.74) is 1.05. The van der Waals surface area contributed by atoms with Gasteiger partial charge in [0.15, 0.2) is 11.5 Å². The van der Waals surface area contributed by atoms with Gasteiger partial charge in [-0.3, -0.25) is 4.99 Å². The molecule has 0 amide bonds. The maximum atomic E-state index is 5.62. The molecule has 1 fully saturated rings. The van der Waals surface area contributed by atoms with E-state index in [1.54, 1.807) is 7.11 Å². The van der Waals surface area contributed by atoms with Crippen LogP contribution < -0.4 is 9.47 Å². The third kappa shape index (κ3) is 3.98. The van der Waals surface area contributed by atoms with Gasteiger partial charge in [0, 0.05) is 12.3 Å². The van der Waals surface area contributed by atoms with Gasteiger partial charge in [-0.1, -0.05) is 19.3 Å². The number of methoxy groups -OCH3 is 1. The van der Waals surface area contributed by atoms with Gasteiger partial charge in [-0.2, -0.15) is 0 Å². The van der Waals surface area contributed by atoms with Gasteiger partial charge in [-0.05, 0) is 53.4 Å². The fraction of sp³-hybridized carbons (Fsp3) is 0.562. The van der Waals surface area contributed by atoms with E-state index < -0.39 is 0 Å². The normalized spacial score (nSPS) is 16.6. The van der Waals surface area contributed by atoms with Gasteiger partial charge in [0.2, 0.25) is 0 Å². The lowest BCUT2D eigenvalue weighted by Crippen LogP contribution is -2.09. The molecule has 0 unspecified atom stereocenters. The highest BCUT2D eigenvalue weighted by Gasteiger charge is 2.12. The van der Waals surface area contributed by atoms with Crippen LogP contribution in [0.2, 0.25) is 0 Å². The Morgan fingerprint density at radius 3 is 2.70 bits per heavy atom. The molecular formula is C16H22BrNO2. The van der Waals surface area contributed by atoms with Crippen molar-refractivity contribution in [1.82, 2.24) is 0 Å². The minimum absolute atomic E-state index is 0.486. The van der Waals surface area contributed by atoms with Crippen molar-refractivity contribution in [2.75, 3.05) is 13.7 Å². The molecule has 2 rings (SSSR count).